The van der Waals surface area contributed by atoms with Gasteiger partial charge < -0.3 is 0 Å². The van der Waals surface area contributed by atoms with E-state index in [4.69, 9.17) is 0 Å². The Hall–Kier alpha value is -0.780. The second kappa shape index (κ2) is 9.36. The third-order valence-corrected chi connectivity index (χ3v) is 15.6. The average molecular weight is 533 g/mol. The van der Waals surface area contributed by atoms with Gasteiger partial charge in [-0.15, -0.1) is 0 Å². The molecule has 0 aromatic heterocycles. The minimum atomic E-state index is 0.444. The maximum absolute atomic E-state index is 2.46. The van der Waals surface area contributed by atoms with Crippen molar-refractivity contribution in [2.24, 2.45) is 56.7 Å². The largest absolute Gasteiger partial charge is 0.0710 e. The normalized spacial score (nSPS) is 43.8. The number of hydrogen-bond acceptors (Lipinski definition) is 0. The van der Waals surface area contributed by atoms with Gasteiger partial charge in [-0.2, -0.15) is 0 Å². The molecule has 220 valence electrons. The van der Waals surface area contributed by atoms with Crippen molar-refractivity contribution in [2.75, 3.05) is 0 Å². The van der Waals surface area contributed by atoms with Gasteiger partial charge in [0.15, 0.2) is 0 Å². The molecule has 0 amide bonds. The number of rotatable bonds is 0. The van der Waals surface area contributed by atoms with Crippen LogP contribution in [0.5, 0.6) is 0 Å². The number of fused-ring (bicyclic) bond motifs is 4. The lowest BCUT2D eigenvalue weighted by molar-refractivity contribution is 0.00287. The third-order valence-electron chi connectivity index (χ3n) is 15.6. The fraction of sp³-hybridized carbons (Fsp3) is 0.846. The summed E-state index contributed by atoms with van der Waals surface area (Å²) in [5, 5.41) is 0. The van der Waals surface area contributed by atoms with Crippen LogP contribution >= 0.6 is 0 Å². The van der Waals surface area contributed by atoms with Crippen molar-refractivity contribution in [1.29, 1.82) is 0 Å². The van der Waals surface area contributed by atoms with Crippen LogP contribution in [0.15, 0.2) is 33.4 Å². The molecule has 7 aliphatic carbocycles. The first kappa shape index (κ1) is 29.7. The van der Waals surface area contributed by atoms with Gasteiger partial charge in [-0.3, -0.25) is 0 Å². The van der Waals surface area contributed by atoms with Crippen LogP contribution < -0.4 is 0 Å². The minimum absolute atomic E-state index is 0.444. The zero-order chi connectivity index (χ0) is 28.9. The lowest BCUT2D eigenvalue weighted by Gasteiger charge is -2.48. The Kier molecular flexibility index (Phi) is 7.13. The maximum Gasteiger partial charge on any atom is -0.0113 e. The first-order valence-electron chi connectivity index (χ1n) is 16.9. The summed E-state index contributed by atoms with van der Waals surface area (Å²) in [6.07, 6.45) is 14.8. The molecule has 5 bridgehead atoms. The van der Waals surface area contributed by atoms with E-state index in [9.17, 15) is 0 Å². The predicted octanol–water partition coefficient (Wildman–Crippen LogP) is 12.1. The molecule has 0 heteroatoms. The summed E-state index contributed by atoms with van der Waals surface area (Å²) >= 11 is 0. The van der Waals surface area contributed by atoms with Crippen LogP contribution in [-0.2, 0) is 0 Å². The van der Waals surface area contributed by atoms with Gasteiger partial charge in [-0.25, -0.2) is 0 Å². The summed E-state index contributed by atoms with van der Waals surface area (Å²) in [6.45, 7) is 30.9. The summed E-state index contributed by atoms with van der Waals surface area (Å²) < 4.78 is 0. The van der Waals surface area contributed by atoms with Crippen molar-refractivity contribution in [1.82, 2.24) is 0 Å². The van der Waals surface area contributed by atoms with Gasteiger partial charge in [0.05, 0.1) is 0 Å². The highest BCUT2D eigenvalue weighted by Gasteiger charge is 2.65. The average Bonchev–Trinajstić information content (AvgIpc) is 3.49. The smallest absolute Gasteiger partial charge is 0.0113 e. The summed E-state index contributed by atoms with van der Waals surface area (Å²) in [5.41, 5.74) is 12.9. The molecule has 7 rings (SSSR count). The Morgan fingerprint density at radius 1 is 0.487 bits per heavy atom. The van der Waals surface area contributed by atoms with Crippen LogP contribution in [0.3, 0.4) is 0 Å². The van der Waals surface area contributed by atoms with Crippen LogP contribution in [0.2, 0.25) is 0 Å². The third kappa shape index (κ3) is 4.51. The van der Waals surface area contributed by atoms with E-state index in [1.54, 1.807) is 65.5 Å². The molecule has 1 spiro atoms. The molecule has 0 heterocycles. The molecular formula is C39H64. The Morgan fingerprint density at radius 2 is 0.949 bits per heavy atom. The number of allylic oxidation sites excluding steroid dienone is 6. The standard InChI is InChI=1S/C14H20.C13H22.C12H22/c1-8-9(2)11-4-13-5-12-3-10(8)6-14(12,13)7-11;1-9-10(2)13(5)7-6-11(8-13)12(9,3)4;1-9-10(2)12(5,6)8-7-11(9,3)4/h10-13H,3-7H2,1-2H3;11H,6-8H2,1-5H3;7-8H2,1-6H3. The molecule has 4 fully saturated rings. The van der Waals surface area contributed by atoms with Crippen LogP contribution in [0.4, 0.5) is 0 Å². The van der Waals surface area contributed by atoms with Gasteiger partial charge >= 0.3 is 0 Å². The molecular weight excluding hydrogens is 468 g/mol. The van der Waals surface area contributed by atoms with E-state index in [1.807, 2.05) is 0 Å². The fourth-order valence-corrected chi connectivity index (χ4v) is 10.9. The minimum Gasteiger partial charge on any atom is -0.0710 e. The van der Waals surface area contributed by atoms with Crippen LogP contribution in [0.1, 0.15) is 154 Å². The van der Waals surface area contributed by atoms with Crippen molar-refractivity contribution in [3.8, 4) is 0 Å². The Labute approximate surface area is 244 Å². The highest BCUT2D eigenvalue weighted by molar-refractivity contribution is 5.31. The monoisotopic (exact) mass is 533 g/mol. The molecule has 6 atom stereocenters. The lowest BCUT2D eigenvalue weighted by atomic mass is 9.56. The van der Waals surface area contributed by atoms with Crippen molar-refractivity contribution in [2.45, 2.75) is 154 Å². The topological polar surface area (TPSA) is 0 Å². The van der Waals surface area contributed by atoms with E-state index in [-0.39, 0.29) is 0 Å². The molecule has 0 saturated heterocycles. The molecule has 39 heavy (non-hydrogen) atoms. The van der Waals surface area contributed by atoms with E-state index in [1.165, 1.54) is 32.1 Å². The van der Waals surface area contributed by atoms with Gasteiger partial charge in [-0.05, 0) is 162 Å². The van der Waals surface area contributed by atoms with Crippen molar-refractivity contribution >= 4 is 0 Å². The van der Waals surface area contributed by atoms with E-state index >= 15 is 0 Å². The molecule has 0 N–H and O–H groups in total. The zero-order valence-corrected chi connectivity index (χ0v) is 28.5. The summed E-state index contributed by atoms with van der Waals surface area (Å²) in [4.78, 5) is 0. The van der Waals surface area contributed by atoms with Gasteiger partial charge in [0, 0.05) is 0 Å². The zero-order valence-electron chi connectivity index (χ0n) is 28.5. The summed E-state index contributed by atoms with van der Waals surface area (Å²) in [6, 6.07) is 0. The van der Waals surface area contributed by atoms with Crippen LogP contribution in [-0.4, -0.2) is 0 Å². The van der Waals surface area contributed by atoms with Crippen molar-refractivity contribution < 1.29 is 0 Å². The summed E-state index contributed by atoms with van der Waals surface area (Å²) in [7, 11) is 0. The summed E-state index contributed by atoms with van der Waals surface area (Å²) in [5.74, 6) is 5.22. The molecule has 0 nitrogen and oxygen atoms in total. The van der Waals surface area contributed by atoms with E-state index in [0.29, 0.717) is 21.7 Å². The maximum atomic E-state index is 2.46. The number of hydrogen-bond donors (Lipinski definition) is 0. The van der Waals surface area contributed by atoms with E-state index in [0.717, 1.165) is 35.0 Å². The fourth-order valence-electron chi connectivity index (χ4n) is 10.9. The highest BCUT2D eigenvalue weighted by Crippen LogP contribution is 2.74. The van der Waals surface area contributed by atoms with Crippen LogP contribution in [0.25, 0.3) is 0 Å². The Morgan fingerprint density at radius 3 is 1.41 bits per heavy atom. The first-order valence-corrected chi connectivity index (χ1v) is 16.9. The van der Waals surface area contributed by atoms with Crippen LogP contribution in [0, 0.1) is 56.7 Å². The Bertz CT molecular complexity index is 1040. The SMILES string of the molecule is CC1=C(C)C(C)(C)C2CCC1(C)C2.CC1=C(C)C(C)(C)CCC1(C)C.CC1=C(C)C2CC3CC4CC1CC43C2. The molecule has 4 saturated carbocycles. The Balaban J connectivity index is 0.000000119. The molecule has 0 aromatic rings. The molecule has 0 aliphatic heterocycles. The predicted molar refractivity (Wildman–Crippen MR) is 171 cm³/mol. The van der Waals surface area contributed by atoms with E-state index in [2.05, 4.69) is 90.0 Å². The molecule has 0 aromatic carbocycles. The van der Waals surface area contributed by atoms with Crippen molar-refractivity contribution in [3.05, 3.63) is 33.4 Å². The van der Waals surface area contributed by atoms with Crippen molar-refractivity contribution in [3.63, 3.8) is 0 Å². The molecule has 6 unspecified atom stereocenters. The first-order chi connectivity index (χ1) is 17.9. The second-order valence-corrected chi connectivity index (χ2v) is 18.0. The van der Waals surface area contributed by atoms with Gasteiger partial charge in [-0.1, -0.05) is 81.9 Å². The van der Waals surface area contributed by atoms with E-state index < -0.39 is 0 Å². The molecule has 7 aliphatic rings. The quantitative estimate of drug-likeness (QED) is 0.272. The highest BCUT2D eigenvalue weighted by atomic mass is 14.7. The molecule has 0 radical (unpaired) electrons. The second-order valence-electron chi connectivity index (χ2n) is 18.0. The van der Waals surface area contributed by atoms with Gasteiger partial charge in [0.25, 0.3) is 0 Å². The van der Waals surface area contributed by atoms with Gasteiger partial charge in [0.1, 0.15) is 0 Å². The van der Waals surface area contributed by atoms with Gasteiger partial charge in [0.2, 0.25) is 0 Å². The lowest BCUT2D eigenvalue weighted by Crippen LogP contribution is -2.41.